The highest BCUT2D eigenvalue weighted by Crippen LogP contribution is 2.25. The number of nitrogens with zero attached hydrogens (tertiary/aromatic N) is 6. The maximum Gasteiger partial charge on any atom is 0.222 e. The lowest BCUT2D eigenvalue weighted by molar-refractivity contribution is 0.305. The maximum absolute atomic E-state index is 5.79. The Morgan fingerprint density at radius 2 is 1.96 bits per heavy atom. The third-order valence-electron chi connectivity index (χ3n) is 3.62. The molecule has 0 bridgehead atoms. The van der Waals surface area contributed by atoms with Crippen molar-refractivity contribution < 1.29 is 4.74 Å². The fraction of sp³-hybridized carbons (Fsp3) is 0.118. The van der Waals surface area contributed by atoms with Crippen LogP contribution < -0.4 is 10.1 Å². The van der Waals surface area contributed by atoms with Gasteiger partial charge in [0.1, 0.15) is 17.9 Å². The zero-order valence-corrected chi connectivity index (χ0v) is 14.6. The molecule has 1 N–H and O–H groups in total. The molecule has 0 spiro atoms. The van der Waals surface area contributed by atoms with E-state index in [-0.39, 0.29) is 5.28 Å². The Kier molecular flexibility index (Phi) is 4.32. The molecule has 0 saturated heterocycles. The van der Waals surface area contributed by atoms with Crippen LogP contribution in [0.2, 0.25) is 5.28 Å². The molecule has 0 atom stereocenters. The van der Waals surface area contributed by atoms with Crippen LogP contribution in [0.15, 0.2) is 49.3 Å². The normalized spacial score (nSPS) is 10.8. The van der Waals surface area contributed by atoms with E-state index in [4.69, 9.17) is 16.3 Å². The number of aryl methyl sites for hydroxylation is 1. The predicted octanol–water partition coefficient (Wildman–Crippen LogP) is 3.13. The molecule has 0 saturated carbocycles. The Hall–Kier alpha value is -3.26. The average Bonchev–Trinajstić information content (AvgIpc) is 3.07. The molecule has 26 heavy (non-hydrogen) atoms. The zero-order valence-electron chi connectivity index (χ0n) is 13.8. The van der Waals surface area contributed by atoms with Crippen molar-refractivity contribution >= 4 is 34.0 Å². The first kappa shape index (κ1) is 16.2. The van der Waals surface area contributed by atoms with E-state index in [0.717, 1.165) is 16.5 Å². The van der Waals surface area contributed by atoms with Gasteiger partial charge in [0, 0.05) is 30.4 Å². The minimum absolute atomic E-state index is 0.190. The van der Waals surface area contributed by atoms with Crippen molar-refractivity contribution in [3.8, 4) is 5.75 Å². The SMILES string of the molecule is Cn1cc(COc2cnc3c(Nc4cnc(Cl)nc4)nccc3c2)cn1. The van der Waals surface area contributed by atoms with Crippen molar-refractivity contribution in [2.75, 3.05) is 5.32 Å². The van der Waals surface area contributed by atoms with Crippen molar-refractivity contribution in [2.45, 2.75) is 6.61 Å². The number of nitrogens with one attached hydrogen (secondary N) is 1. The summed E-state index contributed by atoms with van der Waals surface area (Å²) in [6.07, 6.45) is 10.2. The minimum Gasteiger partial charge on any atom is -0.487 e. The quantitative estimate of drug-likeness (QED) is 0.542. The molecule has 4 rings (SSSR count). The molecule has 4 heterocycles. The van der Waals surface area contributed by atoms with E-state index in [1.165, 1.54) is 0 Å². The van der Waals surface area contributed by atoms with Gasteiger partial charge in [0.25, 0.3) is 0 Å². The molecule has 0 unspecified atom stereocenters. The fourth-order valence-electron chi connectivity index (χ4n) is 2.44. The van der Waals surface area contributed by atoms with Crippen LogP contribution in [0, 0.1) is 0 Å². The first-order chi connectivity index (χ1) is 12.7. The van der Waals surface area contributed by atoms with E-state index in [9.17, 15) is 0 Å². The van der Waals surface area contributed by atoms with Crippen molar-refractivity contribution in [1.29, 1.82) is 0 Å². The zero-order chi connectivity index (χ0) is 17.9. The molecule has 4 aromatic heterocycles. The van der Waals surface area contributed by atoms with Gasteiger partial charge >= 0.3 is 0 Å². The van der Waals surface area contributed by atoms with Crippen LogP contribution in [0.4, 0.5) is 11.5 Å². The molecule has 4 aromatic rings. The standard InChI is InChI=1S/C17H14ClN7O/c1-25-9-11(5-23-25)10-26-14-4-12-2-3-19-16(15(12)20-8-14)24-13-6-21-17(18)22-7-13/h2-9H,10H2,1H3,(H,19,24). The molecule has 0 aliphatic heterocycles. The third kappa shape index (κ3) is 3.55. The second kappa shape index (κ2) is 6.93. The molecule has 9 heteroatoms. The maximum atomic E-state index is 5.79. The summed E-state index contributed by atoms with van der Waals surface area (Å²) in [5, 5.41) is 8.36. The molecule has 0 aromatic carbocycles. The lowest BCUT2D eigenvalue weighted by Crippen LogP contribution is -1.99. The van der Waals surface area contributed by atoms with Crippen LogP contribution in [0.3, 0.4) is 0 Å². The van der Waals surface area contributed by atoms with E-state index in [1.807, 2.05) is 25.4 Å². The van der Waals surface area contributed by atoms with Crippen LogP contribution in [0.25, 0.3) is 10.9 Å². The highest BCUT2D eigenvalue weighted by molar-refractivity contribution is 6.28. The van der Waals surface area contributed by atoms with Crippen molar-refractivity contribution in [2.24, 2.45) is 7.05 Å². The summed E-state index contributed by atoms with van der Waals surface area (Å²) in [5.74, 6) is 1.28. The van der Waals surface area contributed by atoms with Crippen molar-refractivity contribution in [3.63, 3.8) is 0 Å². The molecule has 8 nitrogen and oxygen atoms in total. The number of aromatic nitrogens is 6. The number of rotatable bonds is 5. The van der Waals surface area contributed by atoms with Gasteiger partial charge in [0.15, 0.2) is 5.82 Å². The van der Waals surface area contributed by atoms with Crippen LogP contribution in [0.1, 0.15) is 5.56 Å². The summed E-state index contributed by atoms with van der Waals surface area (Å²) in [5.41, 5.74) is 2.39. The summed E-state index contributed by atoms with van der Waals surface area (Å²) in [7, 11) is 1.87. The highest BCUT2D eigenvalue weighted by Gasteiger charge is 2.07. The Morgan fingerprint density at radius 1 is 1.12 bits per heavy atom. The molecule has 0 aliphatic rings. The van der Waals surface area contributed by atoms with Gasteiger partial charge in [-0.25, -0.2) is 19.9 Å². The summed E-state index contributed by atoms with van der Waals surface area (Å²) >= 11 is 5.71. The van der Waals surface area contributed by atoms with E-state index < -0.39 is 0 Å². The second-order valence-electron chi connectivity index (χ2n) is 5.58. The molecule has 0 radical (unpaired) electrons. The number of ether oxygens (including phenoxy) is 1. The van der Waals surface area contributed by atoms with Crippen molar-refractivity contribution in [1.82, 2.24) is 29.7 Å². The Bertz CT molecular complexity index is 1050. The lowest BCUT2D eigenvalue weighted by Gasteiger charge is -2.09. The van der Waals surface area contributed by atoms with Crippen LogP contribution >= 0.6 is 11.6 Å². The summed E-state index contributed by atoms with van der Waals surface area (Å²) in [4.78, 5) is 16.7. The number of halogens is 1. The first-order valence-electron chi connectivity index (χ1n) is 7.77. The Labute approximate surface area is 153 Å². The predicted molar refractivity (Wildman–Crippen MR) is 97.4 cm³/mol. The van der Waals surface area contributed by atoms with Gasteiger partial charge in [0.2, 0.25) is 5.28 Å². The molecule has 0 fully saturated rings. The summed E-state index contributed by atoms with van der Waals surface area (Å²) < 4.78 is 7.53. The number of fused-ring (bicyclic) bond motifs is 1. The van der Waals surface area contributed by atoms with Gasteiger partial charge < -0.3 is 10.1 Å². The van der Waals surface area contributed by atoms with E-state index in [1.54, 1.807) is 35.7 Å². The van der Waals surface area contributed by atoms with Crippen LogP contribution in [0.5, 0.6) is 5.75 Å². The Balaban J connectivity index is 1.56. The van der Waals surface area contributed by atoms with E-state index >= 15 is 0 Å². The highest BCUT2D eigenvalue weighted by atomic mass is 35.5. The van der Waals surface area contributed by atoms with Gasteiger partial charge in [-0.1, -0.05) is 0 Å². The van der Waals surface area contributed by atoms with Crippen LogP contribution in [-0.2, 0) is 13.7 Å². The van der Waals surface area contributed by atoms with Gasteiger partial charge in [0.05, 0.1) is 30.5 Å². The minimum atomic E-state index is 0.190. The monoisotopic (exact) mass is 367 g/mol. The van der Waals surface area contributed by atoms with Gasteiger partial charge in [-0.2, -0.15) is 5.10 Å². The smallest absolute Gasteiger partial charge is 0.222 e. The van der Waals surface area contributed by atoms with E-state index in [0.29, 0.717) is 23.9 Å². The number of anilines is 2. The first-order valence-corrected chi connectivity index (χ1v) is 8.15. The van der Waals surface area contributed by atoms with Gasteiger partial charge in [-0.05, 0) is 23.7 Å². The van der Waals surface area contributed by atoms with E-state index in [2.05, 4.69) is 30.4 Å². The molecule has 130 valence electrons. The third-order valence-corrected chi connectivity index (χ3v) is 3.82. The Morgan fingerprint density at radius 3 is 2.73 bits per heavy atom. The molecular formula is C17H14ClN7O. The second-order valence-corrected chi connectivity index (χ2v) is 5.92. The fourth-order valence-corrected chi connectivity index (χ4v) is 2.53. The lowest BCUT2D eigenvalue weighted by atomic mass is 10.2. The number of hydrogen-bond donors (Lipinski definition) is 1. The topological polar surface area (TPSA) is 90.6 Å². The average molecular weight is 368 g/mol. The van der Waals surface area contributed by atoms with Gasteiger partial charge in [-0.3, -0.25) is 4.68 Å². The largest absolute Gasteiger partial charge is 0.487 e. The van der Waals surface area contributed by atoms with Gasteiger partial charge in [-0.15, -0.1) is 0 Å². The van der Waals surface area contributed by atoms with Crippen LogP contribution in [-0.4, -0.2) is 29.7 Å². The summed E-state index contributed by atoms with van der Waals surface area (Å²) in [6, 6.07) is 3.80. The van der Waals surface area contributed by atoms with Crippen molar-refractivity contribution in [3.05, 3.63) is 60.2 Å². The number of hydrogen-bond acceptors (Lipinski definition) is 7. The number of pyridine rings is 2. The molecule has 0 aliphatic carbocycles. The molecular weight excluding hydrogens is 354 g/mol. The summed E-state index contributed by atoms with van der Waals surface area (Å²) in [6.45, 7) is 0.430. The molecule has 0 amide bonds.